The molecule has 9 atom stereocenters. The molecule has 9 unspecified atom stereocenters. The third-order valence-electron chi connectivity index (χ3n) is 9.64. The quantitative estimate of drug-likeness (QED) is 0.114. The van der Waals surface area contributed by atoms with Crippen molar-refractivity contribution >= 4 is 11.8 Å². The summed E-state index contributed by atoms with van der Waals surface area (Å²) in [5.41, 5.74) is 0. The van der Waals surface area contributed by atoms with Gasteiger partial charge < -0.3 is 14.2 Å². The van der Waals surface area contributed by atoms with Crippen molar-refractivity contribution in [1.82, 2.24) is 0 Å². The molecule has 0 radical (unpaired) electrons. The fourth-order valence-electron chi connectivity index (χ4n) is 8.33. The lowest BCUT2D eigenvalue weighted by Crippen LogP contribution is -2.58. The second-order valence-corrected chi connectivity index (χ2v) is 16.1. The second-order valence-electron chi connectivity index (χ2n) is 16.1. The maximum atomic E-state index is 13.3. The Morgan fingerprint density at radius 1 is 0.643 bits per heavy atom. The van der Waals surface area contributed by atoms with Crippen molar-refractivity contribution in [3.63, 3.8) is 0 Å². The van der Waals surface area contributed by atoms with E-state index in [4.69, 9.17) is 18.9 Å². The van der Waals surface area contributed by atoms with Gasteiger partial charge in [-0.3, -0.25) is 14.3 Å². The number of esters is 1. The molecule has 42 heavy (non-hydrogen) atoms. The molecule has 0 saturated carbocycles. The normalized spacial score (nSPS) is 34.1. The smallest absolute Gasteiger partial charge is 0.335 e. The third-order valence-corrected chi connectivity index (χ3v) is 9.64. The Hall–Kier alpha value is -0.980. The molecule has 246 valence electrons. The lowest BCUT2D eigenvalue weighted by atomic mass is 9.62. The predicted molar refractivity (Wildman–Crippen MR) is 169 cm³/mol. The Morgan fingerprint density at radius 2 is 1.12 bits per heavy atom. The Kier molecular flexibility index (Phi) is 13.6. The monoisotopic (exact) mass is 594 g/mol. The minimum Gasteiger partial charge on any atom is -0.407 e. The van der Waals surface area contributed by atoms with Crippen LogP contribution in [0.4, 0.5) is 0 Å². The van der Waals surface area contributed by atoms with Gasteiger partial charge in [-0.05, 0) is 78.9 Å². The first-order valence-electron chi connectivity index (χ1n) is 17.0. The van der Waals surface area contributed by atoms with Crippen molar-refractivity contribution in [2.75, 3.05) is 0 Å². The standard InChI is InChI=1S/C36H66O6/c1-19(2)16-27-30(21(5)6)32(23(9)10)33(24(11)12)35(39-27)42-36(41-29(38)18-26(15)37)34(25(13)14)31(22(7)8)28(40-36)17-20(3)4/h19-25,27-28,30-35H,16-18H2,1-15H3. The van der Waals surface area contributed by atoms with Crippen LogP contribution in [0.5, 0.6) is 0 Å². The summed E-state index contributed by atoms with van der Waals surface area (Å²) < 4.78 is 27.4. The van der Waals surface area contributed by atoms with Crippen molar-refractivity contribution < 1.29 is 28.5 Å². The van der Waals surface area contributed by atoms with Gasteiger partial charge in [0.1, 0.15) is 12.2 Å². The van der Waals surface area contributed by atoms with Gasteiger partial charge in [0.15, 0.2) is 6.29 Å². The van der Waals surface area contributed by atoms with Gasteiger partial charge in [-0.25, -0.2) is 0 Å². The lowest BCUT2D eigenvalue weighted by molar-refractivity contribution is -0.437. The molecule has 0 N–H and O–H groups in total. The van der Waals surface area contributed by atoms with Gasteiger partial charge in [0.25, 0.3) is 0 Å². The topological polar surface area (TPSA) is 71.1 Å². The van der Waals surface area contributed by atoms with Crippen molar-refractivity contribution in [3.05, 3.63) is 0 Å². The highest BCUT2D eigenvalue weighted by molar-refractivity contribution is 5.94. The molecular formula is C36H66O6. The second kappa shape index (κ2) is 15.3. The number of carbonyl (C=O) groups is 2. The molecule has 2 saturated heterocycles. The summed E-state index contributed by atoms with van der Waals surface area (Å²) in [6, 6.07) is 0. The van der Waals surface area contributed by atoms with E-state index >= 15 is 0 Å². The Bertz CT molecular complexity index is 861. The maximum Gasteiger partial charge on any atom is 0.335 e. The van der Waals surface area contributed by atoms with E-state index in [1.54, 1.807) is 0 Å². The highest BCUT2D eigenvalue weighted by Crippen LogP contribution is 2.54. The van der Waals surface area contributed by atoms with E-state index in [-0.39, 0.29) is 59.9 Å². The van der Waals surface area contributed by atoms with Gasteiger partial charge in [0.05, 0.1) is 18.1 Å². The van der Waals surface area contributed by atoms with E-state index in [0.717, 1.165) is 12.8 Å². The van der Waals surface area contributed by atoms with Crippen LogP contribution in [-0.4, -0.2) is 36.2 Å². The van der Waals surface area contributed by atoms with Gasteiger partial charge in [-0.2, -0.15) is 0 Å². The first-order chi connectivity index (χ1) is 19.3. The van der Waals surface area contributed by atoms with Gasteiger partial charge in [-0.15, -0.1) is 0 Å². The first-order valence-corrected chi connectivity index (χ1v) is 17.0. The Morgan fingerprint density at radius 3 is 1.52 bits per heavy atom. The molecule has 0 aromatic rings. The third kappa shape index (κ3) is 8.81. The highest BCUT2D eigenvalue weighted by atomic mass is 16.9. The van der Waals surface area contributed by atoms with Gasteiger partial charge in [0, 0.05) is 5.92 Å². The fourth-order valence-corrected chi connectivity index (χ4v) is 8.33. The molecule has 0 aromatic heterocycles. The fraction of sp³-hybridized carbons (Fsp3) is 0.944. The molecule has 6 nitrogen and oxygen atoms in total. The van der Waals surface area contributed by atoms with Crippen LogP contribution in [0.2, 0.25) is 0 Å². The average molecular weight is 595 g/mol. The van der Waals surface area contributed by atoms with E-state index in [2.05, 4.69) is 96.9 Å². The van der Waals surface area contributed by atoms with Crippen molar-refractivity contribution in [3.8, 4) is 0 Å². The van der Waals surface area contributed by atoms with Gasteiger partial charge >= 0.3 is 11.9 Å². The summed E-state index contributed by atoms with van der Waals surface area (Å²) in [7, 11) is 0. The van der Waals surface area contributed by atoms with Gasteiger partial charge in [0.2, 0.25) is 0 Å². The van der Waals surface area contributed by atoms with E-state index < -0.39 is 18.2 Å². The van der Waals surface area contributed by atoms with E-state index in [0.29, 0.717) is 35.5 Å². The summed E-state index contributed by atoms with van der Waals surface area (Å²) >= 11 is 0. The zero-order valence-corrected chi connectivity index (χ0v) is 29.7. The number of rotatable bonds is 14. The number of ketones is 1. The van der Waals surface area contributed by atoms with Crippen LogP contribution in [-0.2, 0) is 28.5 Å². The van der Waals surface area contributed by atoms with Crippen LogP contribution < -0.4 is 0 Å². The van der Waals surface area contributed by atoms with Gasteiger partial charge in [-0.1, -0.05) is 96.9 Å². The van der Waals surface area contributed by atoms with Crippen LogP contribution in [0.25, 0.3) is 0 Å². The number of Topliss-reactive ketones (excluding diaryl/α,β-unsaturated/α-hetero) is 1. The highest BCUT2D eigenvalue weighted by Gasteiger charge is 2.63. The number of hydrogen-bond donors (Lipinski definition) is 0. The van der Waals surface area contributed by atoms with Crippen LogP contribution in [0.1, 0.15) is 123 Å². The summed E-state index contributed by atoms with van der Waals surface area (Å²) in [5.74, 6) is 0.703. The number of carbonyl (C=O) groups excluding carboxylic acids is 2. The van der Waals surface area contributed by atoms with Crippen molar-refractivity contribution in [2.45, 2.75) is 148 Å². The molecule has 0 amide bonds. The van der Waals surface area contributed by atoms with E-state index in [1.807, 2.05) is 0 Å². The summed E-state index contributed by atoms with van der Waals surface area (Å²) in [4.78, 5) is 25.3. The van der Waals surface area contributed by atoms with Crippen LogP contribution in [0.3, 0.4) is 0 Å². The molecule has 2 fully saturated rings. The molecule has 0 bridgehead atoms. The van der Waals surface area contributed by atoms with E-state index in [9.17, 15) is 9.59 Å². The van der Waals surface area contributed by atoms with Crippen LogP contribution >= 0.6 is 0 Å². The average Bonchev–Trinajstić information content (AvgIpc) is 3.09. The van der Waals surface area contributed by atoms with Crippen molar-refractivity contribution in [1.29, 1.82) is 0 Å². The lowest BCUT2D eigenvalue weighted by Gasteiger charge is -2.53. The minimum atomic E-state index is -1.62. The van der Waals surface area contributed by atoms with Crippen LogP contribution in [0, 0.1) is 71.0 Å². The van der Waals surface area contributed by atoms with E-state index in [1.165, 1.54) is 6.92 Å². The zero-order chi connectivity index (χ0) is 32.3. The molecule has 0 aliphatic carbocycles. The molecule has 2 heterocycles. The summed E-state index contributed by atoms with van der Waals surface area (Å²) in [6.45, 7) is 32.9. The molecule has 2 aliphatic heterocycles. The number of ether oxygens (including phenoxy) is 4. The molecule has 2 aliphatic rings. The largest absolute Gasteiger partial charge is 0.407 e. The van der Waals surface area contributed by atoms with Crippen molar-refractivity contribution in [2.24, 2.45) is 71.0 Å². The zero-order valence-electron chi connectivity index (χ0n) is 29.7. The van der Waals surface area contributed by atoms with Crippen LogP contribution in [0.15, 0.2) is 0 Å². The molecular weight excluding hydrogens is 528 g/mol. The molecule has 6 heteroatoms. The maximum absolute atomic E-state index is 13.3. The Labute approximate surface area is 258 Å². The molecule has 2 rings (SSSR count). The molecule has 0 spiro atoms. The summed E-state index contributed by atoms with van der Waals surface area (Å²) in [6.07, 6.45) is 0.744. The predicted octanol–water partition coefficient (Wildman–Crippen LogP) is 8.76. The molecule has 0 aromatic carbocycles. The SMILES string of the molecule is CC(=O)CC(=O)OC1(OC2OC(CC(C)C)C(C(C)C)C(C(C)C)C2C(C)C)OC(CC(C)C)C(C(C)C)C1C(C)C. The first kappa shape index (κ1) is 37.2. The summed E-state index contributed by atoms with van der Waals surface area (Å²) in [5, 5.41) is 0. The number of hydrogen-bond acceptors (Lipinski definition) is 6. The Balaban J connectivity index is 2.75. The minimum absolute atomic E-state index is 0.0219.